The molecule has 76 valence electrons. The van der Waals surface area contributed by atoms with Crippen molar-refractivity contribution in [3.8, 4) is 0 Å². The number of fused-ring (bicyclic) bond motifs is 3. The van der Waals surface area contributed by atoms with Gasteiger partial charge in [0.25, 0.3) is 0 Å². The Balaban J connectivity index is 2.31. The van der Waals surface area contributed by atoms with Gasteiger partial charge in [-0.15, -0.1) is 0 Å². The van der Waals surface area contributed by atoms with Crippen LogP contribution in [0.1, 0.15) is 6.42 Å². The van der Waals surface area contributed by atoms with Gasteiger partial charge < -0.3 is 4.98 Å². The van der Waals surface area contributed by atoms with Crippen LogP contribution in [-0.2, 0) is 0 Å². The van der Waals surface area contributed by atoms with Gasteiger partial charge in [-0.25, -0.2) is 0 Å². The summed E-state index contributed by atoms with van der Waals surface area (Å²) in [5, 5.41) is 5.36. The first-order valence-electron chi connectivity index (χ1n) is 5.62. The Kier molecular flexibility index (Phi) is 1.41. The Bertz CT molecular complexity index is 819. The summed E-state index contributed by atoms with van der Waals surface area (Å²) >= 11 is 0. The van der Waals surface area contributed by atoms with Crippen LogP contribution >= 0.6 is 0 Å². The van der Waals surface area contributed by atoms with E-state index in [9.17, 15) is 0 Å². The van der Waals surface area contributed by atoms with Gasteiger partial charge in [-0.1, -0.05) is 30.3 Å². The highest BCUT2D eigenvalue weighted by Crippen LogP contribution is 2.19. The van der Waals surface area contributed by atoms with E-state index in [0.29, 0.717) is 0 Å². The first-order valence-corrected chi connectivity index (χ1v) is 5.62. The Hall–Kier alpha value is -2.02. The Morgan fingerprint density at radius 2 is 1.94 bits per heavy atom. The molecule has 2 aliphatic carbocycles. The van der Waals surface area contributed by atoms with Crippen molar-refractivity contribution in [3.63, 3.8) is 0 Å². The van der Waals surface area contributed by atoms with E-state index in [1.165, 1.54) is 32.2 Å². The zero-order chi connectivity index (χ0) is 10.5. The van der Waals surface area contributed by atoms with E-state index in [-0.39, 0.29) is 0 Å². The molecule has 0 bridgehead atoms. The number of nitrogens with one attached hydrogen (secondary N) is 1. The lowest BCUT2D eigenvalue weighted by atomic mass is 9.99. The molecule has 0 atom stereocenters. The van der Waals surface area contributed by atoms with Gasteiger partial charge in [0.15, 0.2) is 0 Å². The fourth-order valence-electron chi connectivity index (χ4n) is 2.73. The predicted molar refractivity (Wildman–Crippen MR) is 66.1 cm³/mol. The molecule has 16 heavy (non-hydrogen) atoms. The summed E-state index contributed by atoms with van der Waals surface area (Å²) < 4.78 is 0. The van der Waals surface area contributed by atoms with Crippen molar-refractivity contribution in [3.05, 3.63) is 57.5 Å². The number of hydrogen-bond acceptors (Lipinski definition) is 0. The van der Waals surface area contributed by atoms with Gasteiger partial charge in [-0.2, -0.15) is 0 Å². The standard InChI is InChI=1S/C15H11N/c1-2-4-12-11(3-1)9-14-13(12)6-5-10-7-8-16-15(10)14/h1-5,7-9,16H,6H2. The molecule has 1 aromatic carbocycles. The van der Waals surface area contributed by atoms with E-state index in [2.05, 4.69) is 47.5 Å². The predicted octanol–water partition coefficient (Wildman–Crippen LogP) is -0.00540. The van der Waals surface area contributed by atoms with Crippen molar-refractivity contribution in [2.75, 3.05) is 0 Å². The fourth-order valence-corrected chi connectivity index (χ4v) is 2.73. The van der Waals surface area contributed by atoms with E-state index in [1.54, 1.807) is 0 Å². The SMILES string of the molecule is C1=c2ccccc2=C2CC=c3cc[nH]c3=C12. The molecule has 0 amide bonds. The molecule has 4 rings (SSSR count). The summed E-state index contributed by atoms with van der Waals surface area (Å²) in [5.41, 5.74) is 2.84. The lowest BCUT2D eigenvalue weighted by Crippen LogP contribution is -2.28. The van der Waals surface area contributed by atoms with Crippen LogP contribution in [0.5, 0.6) is 0 Å². The Morgan fingerprint density at radius 3 is 2.94 bits per heavy atom. The van der Waals surface area contributed by atoms with Gasteiger partial charge in [0.2, 0.25) is 0 Å². The second-order valence-corrected chi connectivity index (χ2v) is 4.34. The smallest absolute Gasteiger partial charge is 0.0527 e. The normalized spacial score (nSPS) is 16.0. The van der Waals surface area contributed by atoms with Gasteiger partial charge in [-0.05, 0) is 39.8 Å². The van der Waals surface area contributed by atoms with Gasteiger partial charge >= 0.3 is 0 Å². The molecule has 2 aromatic rings. The third-order valence-corrected chi connectivity index (χ3v) is 3.49. The number of aromatic nitrogens is 1. The number of H-pyrrole nitrogens is 1. The van der Waals surface area contributed by atoms with E-state index < -0.39 is 0 Å². The van der Waals surface area contributed by atoms with Crippen LogP contribution in [0.15, 0.2) is 36.5 Å². The average molecular weight is 205 g/mol. The third-order valence-electron chi connectivity index (χ3n) is 3.49. The van der Waals surface area contributed by atoms with Crippen molar-refractivity contribution < 1.29 is 0 Å². The minimum atomic E-state index is 1.05. The Morgan fingerprint density at radius 1 is 1.00 bits per heavy atom. The van der Waals surface area contributed by atoms with Gasteiger partial charge in [0.05, 0.1) is 5.35 Å². The van der Waals surface area contributed by atoms with E-state index in [0.717, 1.165) is 6.42 Å². The van der Waals surface area contributed by atoms with Crippen molar-refractivity contribution in [2.45, 2.75) is 6.42 Å². The molecule has 1 heteroatoms. The van der Waals surface area contributed by atoms with Crippen LogP contribution in [0, 0.1) is 0 Å². The zero-order valence-electron chi connectivity index (χ0n) is 8.83. The van der Waals surface area contributed by atoms with Crippen molar-refractivity contribution >= 4 is 23.3 Å². The molecule has 0 fully saturated rings. The van der Waals surface area contributed by atoms with E-state index in [4.69, 9.17) is 0 Å². The monoisotopic (exact) mass is 205 g/mol. The summed E-state index contributed by atoms with van der Waals surface area (Å²) in [6.07, 6.45) is 7.68. The van der Waals surface area contributed by atoms with Crippen LogP contribution in [-0.4, -0.2) is 4.98 Å². The average Bonchev–Trinajstić information content (AvgIpc) is 2.92. The van der Waals surface area contributed by atoms with Crippen LogP contribution in [0.4, 0.5) is 0 Å². The second-order valence-electron chi connectivity index (χ2n) is 4.34. The second kappa shape index (κ2) is 2.76. The molecular formula is C15H11N. The number of hydrogen-bond donors (Lipinski definition) is 1. The number of aromatic amines is 1. The van der Waals surface area contributed by atoms with Crippen molar-refractivity contribution in [2.24, 2.45) is 0 Å². The minimum absolute atomic E-state index is 1.05. The fraction of sp³-hybridized carbons (Fsp3) is 0.0667. The molecule has 0 saturated carbocycles. The topological polar surface area (TPSA) is 15.8 Å². The maximum Gasteiger partial charge on any atom is 0.0527 e. The summed E-state index contributed by atoms with van der Waals surface area (Å²) in [4.78, 5) is 3.34. The lowest BCUT2D eigenvalue weighted by molar-refractivity contribution is 1.28. The van der Waals surface area contributed by atoms with Gasteiger partial charge in [0.1, 0.15) is 0 Å². The molecule has 1 aromatic heterocycles. The molecule has 0 aliphatic heterocycles. The number of rotatable bonds is 0. The first kappa shape index (κ1) is 8.17. The highest BCUT2D eigenvalue weighted by atomic mass is 14.7. The summed E-state index contributed by atoms with van der Waals surface area (Å²) in [7, 11) is 0. The molecular weight excluding hydrogens is 194 g/mol. The van der Waals surface area contributed by atoms with Crippen LogP contribution < -0.4 is 21.0 Å². The minimum Gasteiger partial charge on any atom is -0.361 e. The molecule has 1 nitrogen and oxygen atoms in total. The van der Waals surface area contributed by atoms with Gasteiger partial charge in [-0.3, -0.25) is 0 Å². The van der Waals surface area contributed by atoms with Crippen molar-refractivity contribution in [1.29, 1.82) is 0 Å². The maximum atomic E-state index is 3.34. The van der Waals surface area contributed by atoms with Gasteiger partial charge in [0, 0.05) is 11.8 Å². The van der Waals surface area contributed by atoms with Crippen LogP contribution in [0.3, 0.4) is 0 Å². The third kappa shape index (κ3) is 0.904. The van der Waals surface area contributed by atoms with Crippen LogP contribution in [0.25, 0.3) is 23.3 Å². The lowest BCUT2D eigenvalue weighted by Gasteiger charge is -2.05. The van der Waals surface area contributed by atoms with Crippen LogP contribution in [0.2, 0.25) is 0 Å². The largest absolute Gasteiger partial charge is 0.361 e. The highest BCUT2D eigenvalue weighted by Gasteiger charge is 2.14. The quantitative estimate of drug-likeness (QED) is 0.623. The molecule has 0 spiro atoms. The molecule has 0 radical (unpaired) electrons. The first-order chi connectivity index (χ1) is 7.93. The molecule has 0 unspecified atom stereocenters. The molecule has 2 aliphatic rings. The Labute approximate surface area is 92.8 Å². The maximum absolute atomic E-state index is 3.34. The number of benzene rings is 1. The van der Waals surface area contributed by atoms with Crippen molar-refractivity contribution in [1.82, 2.24) is 4.98 Å². The molecule has 1 N–H and O–H groups in total. The van der Waals surface area contributed by atoms with E-state index >= 15 is 0 Å². The summed E-state index contributed by atoms with van der Waals surface area (Å²) in [5.74, 6) is 0. The van der Waals surface area contributed by atoms with E-state index in [1.807, 2.05) is 6.20 Å². The zero-order valence-corrected chi connectivity index (χ0v) is 8.83. The highest BCUT2D eigenvalue weighted by molar-refractivity contribution is 6.07. The molecule has 1 heterocycles. The molecule has 0 saturated heterocycles. The summed E-state index contributed by atoms with van der Waals surface area (Å²) in [6, 6.07) is 10.8. The summed E-state index contributed by atoms with van der Waals surface area (Å²) in [6.45, 7) is 0.